The highest BCUT2D eigenvalue weighted by Crippen LogP contribution is 2.28. The Kier molecular flexibility index (Phi) is 5.83. The molecule has 0 aromatic heterocycles. The lowest BCUT2D eigenvalue weighted by atomic mass is 9.94. The van der Waals surface area contributed by atoms with Gasteiger partial charge in [0.15, 0.2) is 0 Å². The van der Waals surface area contributed by atoms with Crippen molar-refractivity contribution in [2.75, 3.05) is 63.0 Å². The summed E-state index contributed by atoms with van der Waals surface area (Å²) in [6.45, 7) is 7.54. The molecule has 2 heterocycles. The number of nitrogens with two attached hydrogens (primary N) is 1. The standard InChI is InChI=1S/C21H33N5O/c22-19-16-17(21(27)26-10-8-23-9-11-26)6-7-20(19)25-14-12-24(13-15-25)18-4-2-1-3-5-18/h6-7,16,18,23H,1-5,8-15,22H2. The number of hydrogen-bond acceptors (Lipinski definition) is 5. The Morgan fingerprint density at radius 3 is 2.33 bits per heavy atom. The molecule has 2 aliphatic heterocycles. The van der Waals surface area contributed by atoms with E-state index in [1.165, 1.54) is 32.1 Å². The van der Waals surface area contributed by atoms with Crippen LogP contribution in [0, 0.1) is 0 Å². The third kappa shape index (κ3) is 4.22. The maximum Gasteiger partial charge on any atom is 0.254 e. The molecular formula is C21H33N5O. The van der Waals surface area contributed by atoms with Crippen molar-refractivity contribution < 1.29 is 4.79 Å². The van der Waals surface area contributed by atoms with Crippen molar-refractivity contribution in [3.05, 3.63) is 23.8 Å². The second-order valence-electron chi connectivity index (χ2n) is 8.13. The largest absolute Gasteiger partial charge is 0.397 e. The summed E-state index contributed by atoms with van der Waals surface area (Å²) in [5.41, 5.74) is 8.87. The van der Waals surface area contributed by atoms with Crippen LogP contribution in [-0.4, -0.2) is 74.1 Å². The number of nitrogens with zero attached hydrogens (tertiary/aromatic N) is 3. The Bertz CT molecular complexity index is 644. The zero-order valence-electron chi connectivity index (χ0n) is 16.3. The van der Waals surface area contributed by atoms with E-state index < -0.39 is 0 Å². The van der Waals surface area contributed by atoms with Crippen LogP contribution in [0.1, 0.15) is 42.5 Å². The van der Waals surface area contributed by atoms with Gasteiger partial charge in [-0.25, -0.2) is 0 Å². The van der Waals surface area contributed by atoms with Crippen LogP contribution in [0.4, 0.5) is 11.4 Å². The summed E-state index contributed by atoms with van der Waals surface area (Å²) < 4.78 is 0. The van der Waals surface area contributed by atoms with E-state index in [2.05, 4.69) is 15.1 Å². The molecule has 1 amide bonds. The third-order valence-corrected chi connectivity index (χ3v) is 6.42. The lowest BCUT2D eigenvalue weighted by molar-refractivity contribution is 0.0736. The van der Waals surface area contributed by atoms with Crippen molar-refractivity contribution in [1.82, 2.24) is 15.1 Å². The van der Waals surface area contributed by atoms with E-state index in [9.17, 15) is 4.79 Å². The van der Waals surface area contributed by atoms with Gasteiger partial charge in [-0.2, -0.15) is 0 Å². The van der Waals surface area contributed by atoms with Crippen molar-refractivity contribution in [2.24, 2.45) is 0 Å². The van der Waals surface area contributed by atoms with Gasteiger partial charge < -0.3 is 20.9 Å². The van der Waals surface area contributed by atoms with E-state index in [1.54, 1.807) is 0 Å². The minimum atomic E-state index is 0.0943. The van der Waals surface area contributed by atoms with Gasteiger partial charge >= 0.3 is 0 Å². The monoisotopic (exact) mass is 371 g/mol. The van der Waals surface area contributed by atoms with Gasteiger partial charge in [-0.15, -0.1) is 0 Å². The number of amides is 1. The third-order valence-electron chi connectivity index (χ3n) is 6.42. The molecule has 0 bridgehead atoms. The average molecular weight is 372 g/mol. The van der Waals surface area contributed by atoms with Crippen LogP contribution < -0.4 is 16.0 Å². The van der Waals surface area contributed by atoms with Crippen LogP contribution in [0.25, 0.3) is 0 Å². The minimum absolute atomic E-state index is 0.0943. The summed E-state index contributed by atoms with van der Waals surface area (Å²) in [7, 11) is 0. The van der Waals surface area contributed by atoms with Gasteiger partial charge in [0.2, 0.25) is 0 Å². The highest BCUT2D eigenvalue weighted by molar-refractivity contribution is 5.96. The first-order chi connectivity index (χ1) is 13.2. The number of rotatable bonds is 3. The van der Waals surface area contributed by atoms with Gasteiger partial charge in [-0.05, 0) is 31.0 Å². The highest BCUT2D eigenvalue weighted by Gasteiger charge is 2.26. The molecule has 0 unspecified atom stereocenters. The van der Waals surface area contributed by atoms with Crippen LogP contribution >= 0.6 is 0 Å². The van der Waals surface area contributed by atoms with E-state index in [-0.39, 0.29) is 5.91 Å². The molecule has 0 spiro atoms. The quantitative estimate of drug-likeness (QED) is 0.793. The van der Waals surface area contributed by atoms with E-state index in [0.29, 0.717) is 5.56 Å². The Morgan fingerprint density at radius 2 is 1.67 bits per heavy atom. The topological polar surface area (TPSA) is 64.8 Å². The summed E-state index contributed by atoms with van der Waals surface area (Å²) in [6.07, 6.45) is 6.92. The number of nitrogens with one attached hydrogen (secondary N) is 1. The number of carbonyl (C=O) groups is 1. The number of benzene rings is 1. The van der Waals surface area contributed by atoms with Crippen LogP contribution in [0.3, 0.4) is 0 Å². The molecule has 6 heteroatoms. The van der Waals surface area contributed by atoms with E-state index in [1.807, 2.05) is 23.1 Å². The molecule has 6 nitrogen and oxygen atoms in total. The summed E-state index contributed by atoms with van der Waals surface area (Å²) in [5, 5.41) is 3.28. The predicted octanol–water partition coefficient (Wildman–Crippen LogP) is 1.77. The van der Waals surface area contributed by atoms with E-state index in [4.69, 9.17) is 5.73 Å². The van der Waals surface area contributed by atoms with Gasteiger partial charge in [0, 0.05) is 64.0 Å². The molecule has 1 aliphatic carbocycles. The molecule has 1 aromatic rings. The Morgan fingerprint density at radius 1 is 0.963 bits per heavy atom. The van der Waals surface area contributed by atoms with Gasteiger partial charge in [0.25, 0.3) is 5.91 Å². The number of carbonyl (C=O) groups excluding carboxylic acids is 1. The van der Waals surface area contributed by atoms with Crippen molar-refractivity contribution in [3.8, 4) is 0 Å². The fourth-order valence-corrected chi connectivity index (χ4v) is 4.80. The number of anilines is 2. The van der Waals surface area contributed by atoms with E-state index >= 15 is 0 Å². The maximum absolute atomic E-state index is 12.7. The second kappa shape index (κ2) is 8.48. The first-order valence-electron chi connectivity index (χ1n) is 10.6. The van der Waals surface area contributed by atoms with Gasteiger partial charge in [0.05, 0.1) is 11.4 Å². The predicted molar refractivity (Wildman–Crippen MR) is 110 cm³/mol. The molecule has 3 N–H and O–H groups in total. The molecule has 27 heavy (non-hydrogen) atoms. The SMILES string of the molecule is Nc1cc(C(=O)N2CCNCC2)ccc1N1CCN(C2CCCCC2)CC1. The highest BCUT2D eigenvalue weighted by atomic mass is 16.2. The molecule has 148 valence electrons. The Hall–Kier alpha value is -1.79. The zero-order chi connectivity index (χ0) is 18.6. The lowest BCUT2D eigenvalue weighted by Crippen LogP contribution is -2.51. The van der Waals surface area contributed by atoms with Crippen LogP contribution in [-0.2, 0) is 0 Å². The first kappa shape index (κ1) is 18.6. The minimum Gasteiger partial charge on any atom is -0.397 e. The molecule has 3 aliphatic rings. The molecule has 1 aromatic carbocycles. The molecule has 2 saturated heterocycles. The van der Waals surface area contributed by atoms with Crippen LogP contribution in [0.5, 0.6) is 0 Å². The summed E-state index contributed by atoms with van der Waals surface area (Å²) >= 11 is 0. The fourth-order valence-electron chi connectivity index (χ4n) is 4.80. The van der Waals surface area contributed by atoms with Crippen molar-refractivity contribution in [3.63, 3.8) is 0 Å². The van der Waals surface area contributed by atoms with Crippen molar-refractivity contribution in [2.45, 2.75) is 38.1 Å². The number of piperazine rings is 2. The van der Waals surface area contributed by atoms with E-state index in [0.717, 1.165) is 69.8 Å². The zero-order valence-corrected chi connectivity index (χ0v) is 16.3. The fraction of sp³-hybridized carbons (Fsp3) is 0.667. The summed E-state index contributed by atoms with van der Waals surface area (Å²) in [4.78, 5) is 19.6. The molecule has 0 atom stereocenters. The maximum atomic E-state index is 12.7. The summed E-state index contributed by atoms with van der Waals surface area (Å²) in [6, 6.07) is 6.65. The van der Waals surface area contributed by atoms with Crippen LogP contribution in [0.2, 0.25) is 0 Å². The average Bonchev–Trinajstić information content (AvgIpc) is 2.74. The van der Waals surface area contributed by atoms with Crippen molar-refractivity contribution >= 4 is 17.3 Å². The van der Waals surface area contributed by atoms with Gasteiger partial charge in [0.1, 0.15) is 0 Å². The first-order valence-corrected chi connectivity index (χ1v) is 10.6. The normalized spacial score (nSPS) is 22.8. The summed E-state index contributed by atoms with van der Waals surface area (Å²) in [5.74, 6) is 0.0943. The van der Waals surface area contributed by atoms with Gasteiger partial charge in [-0.1, -0.05) is 19.3 Å². The number of nitrogen functional groups attached to an aromatic ring is 1. The molecule has 1 saturated carbocycles. The van der Waals surface area contributed by atoms with Gasteiger partial charge in [-0.3, -0.25) is 9.69 Å². The molecule has 3 fully saturated rings. The molecule has 0 radical (unpaired) electrons. The molecular weight excluding hydrogens is 338 g/mol. The lowest BCUT2D eigenvalue weighted by Gasteiger charge is -2.41. The Balaban J connectivity index is 1.37. The Labute approximate surface area is 162 Å². The smallest absolute Gasteiger partial charge is 0.254 e. The van der Waals surface area contributed by atoms with Crippen LogP contribution in [0.15, 0.2) is 18.2 Å². The number of hydrogen-bond donors (Lipinski definition) is 2. The molecule has 4 rings (SSSR count). The second-order valence-corrected chi connectivity index (χ2v) is 8.13. The van der Waals surface area contributed by atoms with Crippen molar-refractivity contribution in [1.29, 1.82) is 0 Å².